The van der Waals surface area contributed by atoms with Crippen LogP contribution in [0.15, 0.2) is 42.5 Å². The summed E-state index contributed by atoms with van der Waals surface area (Å²) in [6.45, 7) is 0.185. The van der Waals surface area contributed by atoms with E-state index in [1.807, 2.05) is 6.07 Å². The summed E-state index contributed by atoms with van der Waals surface area (Å²) in [5.41, 5.74) is 1.59. The predicted molar refractivity (Wildman–Crippen MR) is 71.6 cm³/mol. The fourth-order valence-corrected chi connectivity index (χ4v) is 1.81. The van der Waals surface area contributed by atoms with Crippen molar-refractivity contribution in [3.63, 3.8) is 0 Å². The number of nitrogens with one attached hydrogen (secondary N) is 1. The van der Waals surface area contributed by atoms with Crippen molar-refractivity contribution in [3.05, 3.63) is 65.0 Å². The number of hydrogen-bond acceptors (Lipinski definition) is 3. The molecule has 0 aliphatic carbocycles. The first-order valence-electron chi connectivity index (χ1n) is 6.05. The van der Waals surface area contributed by atoms with Crippen LogP contribution < -0.4 is 5.32 Å². The molecule has 0 unspecified atom stereocenters. The van der Waals surface area contributed by atoms with Crippen LogP contribution in [0.1, 0.15) is 21.5 Å². The second-order valence-electron chi connectivity index (χ2n) is 4.32. The molecule has 0 fully saturated rings. The van der Waals surface area contributed by atoms with Crippen LogP contribution in [0.3, 0.4) is 0 Å². The van der Waals surface area contributed by atoms with Crippen LogP contribution >= 0.6 is 0 Å². The molecule has 0 heterocycles. The second-order valence-corrected chi connectivity index (χ2v) is 4.32. The molecule has 0 atom stereocenters. The van der Waals surface area contributed by atoms with E-state index in [9.17, 15) is 14.3 Å². The third-order valence-corrected chi connectivity index (χ3v) is 2.83. The highest BCUT2D eigenvalue weighted by atomic mass is 19.1. The van der Waals surface area contributed by atoms with Gasteiger partial charge in [0.1, 0.15) is 11.6 Å². The topological polar surface area (TPSA) is 69.6 Å². The van der Waals surface area contributed by atoms with Gasteiger partial charge in [0.15, 0.2) is 0 Å². The number of aliphatic hydroxyl groups is 1. The Balaban J connectivity index is 2.04. The lowest BCUT2D eigenvalue weighted by atomic mass is 10.1. The maximum Gasteiger partial charge on any atom is 0.255 e. The Kier molecular flexibility index (Phi) is 4.32. The second kappa shape index (κ2) is 6.16. The smallest absolute Gasteiger partial charge is 0.255 e. The number of carbonyl (C=O) groups excluding carboxylic acids is 1. The van der Waals surface area contributed by atoms with E-state index in [1.54, 1.807) is 18.2 Å². The van der Waals surface area contributed by atoms with E-state index in [1.165, 1.54) is 6.07 Å². The molecule has 104 valence electrons. The largest absolute Gasteiger partial charge is 0.507 e. The minimum atomic E-state index is -0.602. The Morgan fingerprint density at radius 3 is 2.60 bits per heavy atom. The van der Waals surface area contributed by atoms with E-state index in [0.29, 0.717) is 0 Å². The van der Waals surface area contributed by atoms with E-state index in [4.69, 9.17) is 5.11 Å². The van der Waals surface area contributed by atoms with Crippen molar-refractivity contribution in [2.75, 3.05) is 0 Å². The zero-order valence-electron chi connectivity index (χ0n) is 10.6. The van der Waals surface area contributed by atoms with Gasteiger partial charge < -0.3 is 15.5 Å². The molecular formula is C15H14FNO3. The van der Waals surface area contributed by atoms with Crippen LogP contribution in [0.25, 0.3) is 0 Å². The monoisotopic (exact) mass is 275 g/mol. The number of carbonyl (C=O) groups is 1. The Morgan fingerprint density at radius 2 is 1.90 bits per heavy atom. The SMILES string of the molecule is O=C(NCc1cccc(CO)c1)c1ccc(F)cc1O. The lowest BCUT2D eigenvalue weighted by molar-refractivity contribution is 0.0948. The van der Waals surface area contributed by atoms with Crippen LogP contribution in [0, 0.1) is 5.82 Å². The number of benzene rings is 2. The molecule has 0 radical (unpaired) electrons. The summed E-state index contributed by atoms with van der Waals surface area (Å²) in [6.07, 6.45) is 0. The maximum absolute atomic E-state index is 12.8. The molecule has 0 saturated carbocycles. The average molecular weight is 275 g/mol. The first-order valence-corrected chi connectivity index (χ1v) is 6.05. The molecule has 3 N–H and O–H groups in total. The summed E-state index contributed by atoms with van der Waals surface area (Å²) in [7, 11) is 0. The zero-order valence-corrected chi connectivity index (χ0v) is 10.6. The summed E-state index contributed by atoms with van der Waals surface area (Å²) in [5.74, 6) is -1.49. The number of phenols is 1. The average Bonchev–Trinajstić information content (AvgIpc) is 2.45. The van der Waals surface area contributed by atoms with Crippen molar-refractivity contribution < 1.29 is 19.4 Å². The van der Waals surface area contributed by atoms with Gasteiger partial charge in [-0.2, -0.15) is 0 Å². The lowest BCUT2D eigenvalue weighted by Crippen LogP contribution is -2.23. The van der Waals surface area contributed by atoms with Crippen LogP contribution in [0.5, 0.6) is 5.75 Å². The van der Waals surface area contributed by atoms with Gasteiger partial charge in [-0.15, -0.1) is 0 Å². The summed E-state index contributed by atoms with van der Waals surface area (Å²) in [6, 6.07) is 10.4. The number of phenolic OH excluding ortho intramolecular Hbond substituents is 1. The van der Waals surface area contributed by atoms with Gasteiger partial charge >= 0.3 is 0 Å². The quantitative estimate of drug-likeness (QED) is 0.798. The molecule has 4 nitrogen and oxygen atoms in total. The molecule has 5 heteroatoms. The first-order chi connectivity index (χ1) is 9.60. The highest BCUT2D eigenvalue weighted by molar-refractivity contribution is 5.96. The van der Waals surface area contributed by atoms with Crippen LogP contribution in [0.4, 0.5) is 4.39 Å². The Labute approximate surface area is 115 Å². The maximum atomic E-state index is 12.8. The highest BCUT2D eigenvalue weighted by Crippen LogP contribution is 2.18. The summed E-state index contributed by atoms with van der Waals surface area (Å²) >= 11 is 0. The fourth-order valence-electron chi connectivity index (χ4n) is 1.81. The Bertz CT molecular complexity index is 628. The number of aliphatic hydroxyl groups excluding tert-OH is 1. The Morgan fingerprint density at radius 1 is 1.15 bits per heavy atom. The molecule has 0 saturated heterocycles. The van der Waals surface area contributed by atoms with Gasteiger partial charge in [-0.3, -0.25) is 4.79 Å². The van der Waals surface area contributed by atoms with Gasteiger partial charge in [-0.1, -0.05) is 24.3 Å². The molecule has 1 amide bonds. The van der Waals surface area contributed by atoms with Crippen molar-refractivity contribution in [1.82, 2.24) is 5.32 Å². The molecule has 20 heavy (non-hydrogen) atoms. The van der Waals surface area contributed by atoms with Crippen molar-refractivity contribution in [3.8, 4) is 5.75 Å². The minimum absolute atomic E-state index is 0.0183. The van der Waals surface area contributed by atoms with Crippen LogP contribution in [-0.4, -0.2) is 16.1 Å². The standard InChI is InChI=1S/C15H14FNO3/c16-12-4-5-13(14(19)7-12)15(20)17-8-10-2-1-3-11(6-10)9-18/h1-7,18-19H,8-9H2,(H,17,20). The van der Waals surface area contributed by atoms with E-state index < -0.39 is 17.5 Å². The van der Waals surface area contributed by atoms with E-state index >= 15 is 0 Å². The van der Waals surface area contributed by atoms with Crippen molar-refractivity contribution in [2.24, 2.45) is 0 Å². The minimum Gasteiger partial charge on any atom is -0.507 e. The molecule has 2 rings (SSSR count). The van der Waals surface area contributed by atoms with Gasteiger partial charge in [0.25, 0.3) is 5.91 Å². The normalized spacial score (nSPS) is 10.3. The third-order valence-electron chi connectivity index (χ3n) is 2.83. The molecule has 0 bridgehead atoms. The van der Waals surface area contributed by atoms with Crippen LogP contribution in [0.2, 0.25) is 0 Å². The number of amides is 1. The summed E-state index contributed by atoms with van der Waals surface area (Å²) in [4.78, 5) is 11.9. The molecule has 0 spiro atoms. The van der Waals surface area contributed by atoms with E-state index in [-0.39, 0.29) is 18.7 Å². The van der Waals surface area contributed by atoms with Gasteiger partial charge in [-0.25, -0.2) is 4.39 Å². The summed E-state index contributed by atoms with van der Waals surface area (Å²) in [5, 5.41) is 21.2. The molecule has 0 aliphatic heterocycles. The Hall–Kier alpha value is -2.40. The molecule has 2 aromatic carbocycles. The third kappa shape index (κ3) is 3.33. The number of aromatic hydroxyl groups is 1. The van der Waals surface area contributed by atoms with Gasteiger partial charge in [0.2, 0.25) is 0 Å². The molecule has 0 aromatic heterocycles. The predicted octanol–water partition coefficient (Wildman–Crippen LogP) is 1.95. The summed E-state index contributed by atoms with van der Waals surface area (Å²) < 4.78 is 12.8. The molecule has 0 aliphatic rings. The number of rotatable bonds is 4. The van der Waals surface area contributed by atoms with Crippen molar-refractivity contribution in [1.29, 1.82) is 0 Å². The lowest BCUT2D eigenvalue weighted by Gasteiger charge is -2.08. The van der Waals surface area contributed by atoms with Gasteiger partial charge in [0.05, 0.1) is 12.2 Å². The zero-order chi connectivity index (χ0) is 14.5. The highest BCUT2D eigenvalue weighted by Gasteiger charge is 2.11. The van der Waals surface area contributed by atoms with E-state index in [0.717, 1.165) is 23.3 Å². The van der Waals surface area contributed by atoms with Gasteiger partial charge in [-0.05, 0) is 23.3 Å². The number of halogens is 1. The number of hydrogen-bond donors (Lipinski definition) is 3. The first kappa shape index (κ1) is 14.0. The molecule has 2 aromatic rings. The molecular weight excluding hydrogens is 261 g/mol. The van der Waals surface area contributed by atoms with Gasteiger partial charge in [0, 0.05) is 12.6 Å². The van der Waals surface area contributed by atoms with Crippen molar-refractivity contribution >= 4 is 5.91 Å². The van der Waals surface area contributed by atoms with Crippen molar-refractivity contribution in [2.45, 2.75) is 13.2 Å². The fraction of sp³-hybridized carbons (Fsp3) is 0.133. The van der Waals surface area contributed by atoms with E-state index in [2.05, 4.69) is 5.32 Å². The van der Waals surface area contributed by atoms with Crippen LogP contribution in [-0.2, 0) is 13.2 Å².